The lowest BCUT2D eigenvalue weighted by molar-refractivity contribution is -0.231. The van der Waals surface area contributed by atoms with Crippen LogP contribution in [0.2, 0.25) is 0 Å². The molecule has 1 saturated carbocycles. The Hall–Kier alpha value is -2.15. The Bertz CT molecular complexity index is 904. The number of pyridine rings is 1. The topological polar surface area (TPSA) is 53.1 Å². The average Bonchev–Trinajstić information content (AvgIpc) is 2.74. The fourth-order valence-electron chi connectivity index (χ4n) is 4.74. The number of aromatic nitrogens is 1. The molecule has 0 unspecified atom stereocenters. The lowest BCUT2D eigenvalue weighted by Gasteiger charge is -2.47. The Morgan fingerprint density at radius 2 is 1.97 bits per heavy atom. The van der Waals surface area contributed by atoms with Gasteiger partial charge >= 0.3 is 0 Å². The molecule has 1 aromatic heterocycles. The molecular formula is C24H30N2O4. The summed E-state index contributed by atoms with van der Waals surface area (Å²) < 4.78 is 23.3. The number of benzene rings is 1. The highest BCUT2D eigenvalue weighted by Gasteiger charge is 2.42. The molecule has 3 aliphatic rings. The maximum Gasteiger partial charge on any atom is 0.218 e. The van der Waals surface area contributed by atoms with E-state index >= 15 is 0 Å². The Kier molecular flexibility index (Phi) is 5.39. The number of methoxy groups -OCH3 is 2. The fourth-order valence-corrected chi connectivity index (χ4v) is 4.74. The Labute approximate surface area is 178 Å². The summed E-state index contributed by atoms with van der Waals surface area (Å²) in [5, 5.41) is 0. The van der Waals surface area contributed by atoms with E-state index in [-0.39, 0.29) is 0 Å². The van der Waals surface area contributed by atoms with Crippen LogP contribution in [0.5, 0.6) is 11.6 Å². The van der Waals surface area contributed by atoms with Crippen LogP contribution in [0, 0.1) is 0 Å². The molecule has 6 heteroatoms. The molecule has 1 aliphatic carbocycles. The van der Waals surface area contributed by atoms with Crippen LogP contribution in [0.3, 0.4) is 0 Å². The molecule has 3 heterocycles. The van der Waals surface area contributed by atoms with Crippen molar-refractivity contribution < 1.29 is 18.9 Å². The number of likely N-dealkylation sites (tertiary alicyclic amines) is 1. The van der Waals surface area contributed by atoms with Gasteiger partial charge in [-0.3, -0.25) is 4.90 Å². The minimum Gasteiger partial charge on any atom is -0.481 e. The lowest BCUT2D eigenvalue weighted by Crippen LogP contribution is -2.54. The van der Waals surface area contributed by atoms with Gasteiger partial charge in [0.15, 0.2) is 0 Å². The lowest BCUT2D eigenvalue weighted by atomic mass is 9.89. The molecular weight excluding hydrogens is 380 g/mol. The summed E-state index contributed by atoms with van der Waals surface area (Å²) in [4.78, 5) is 7.06. The number of piperidine rings is 1. The highest BCUT2D eigenvalue weighted by molar-refractivity contribution is 5.66. The first-order valence-corrected chi connectivity index (χ1v) is 10.9. The summed E-state index contributed by atoms with van der Waals surface area (Å²) in [7, 11) is 3.30. The van der Waals surface area contributed by atoms with Crippen molar-refractivity contribution in [2.75, 3.05) is 27.3 Å². The maximum atomic E-state index is 6.43. The monoisotopic (exact) mass is 410 g/mol. The average molecular weight is 411 g/mol. The Morgan fingerprint density at radius 3 is 2.67 bits per heavy atom. The minimum absolute atomic E-state index is 0.456. The van der Waals surface area contributed by atoms with Crippen molar-refractivity contribution in [2.24, 2.45) is 0 Å². The Morgan fingerprint density at radius 1 is 1.13 bits per heavy atom. The van der Waals surface area contributed by atoms with Crippen LogP contribution < -0.4 is 9.47 Å². The molecule has 0 radical (unpaired) electrons. The molecule has 2 aliphatic heterocycles. The van der Waals surface area contributed by atoms with Gasteiger partial charge < -0.3 is 18.9 Å². The van der Waals surface area contributed by atoms with Gasteiger partial charge in [-0.2, -0.15) is 0 Å². The van der Waals surface area contributed by atoms with Gasteiger partial charge in [-0.1, -0.05) is 12.5 Å². The maximum absolute atomic E-state index is 6.43. The van der Waals surface area contributed by atoms with Crippen LogP contribution in [0.1, 0.15) is 43.2 Å². The van der Waals surface area contributed by atoms with E-state index in [1.165, 1.54) is 19.3 Å². The molecule has 0 amide bonds. The van der Waals surface area contributed by atoms with Gasteiger partial charge in [0.2, 0.25) is 11.7 Å². The zero-order valence-electron chi connectivity index (χ0n) is 17.9. The number of fused-ring (bicyclic) bond motifs is 1. The van der Waals surface area contributed by atoms with E-state index in [4.69, 9.17) is 18.9 Å². The van der Waals surface area contributed by atoms with Gasteiger partial charge in [-0.25, -0.2) is 4.98 Å². The zero-order chi connectivity index (χ0) is 20.6. The summed E-state index contributed by atoms with van der Waals surface area (Å²) in [5.74, 6) is 1.09. The van der Waals surface area contributed by atoms with Crippen LogP contribution in [-0.4, -0.2) is 49.0 Å². The van der Waals surface area contributed by atoms with Crippen molar-refractivity contribution in [3.8, 4) is 22.8 Å². The standard InChI is InChI=1S/C24H30N2O4/c1-27-15-20-13-18(14-25-23(20)28-2)17-6-7-22-19(12-17)16-29-24(30-22)8-10-26(11-9-24)21-4-3-5-21/h6-7,12-14,21H,3-5,8-11,15-16H2,1-2H3. The molecule has 6 nitrogen and oxygen atoms in total. The summed E-state index contributed by atoms with van der Waals surface area (Å²) in [6, 6.07) is 9.18. The molecule has 1 spiro atoms. The summed E-state index contributed by atoms with van der Waals surface area (Å²) in [6.45, 7) is 3.18. The first kappa shape index (κ1) is 19.8. The van der Waals surface area contributed by atoms with E-state index in [1.54, 1.807) is 14.2 Å². The third kappa shape index (κ3) is 3.68. The van der Waals surface area contributed by atoms with Crippen molar-refractivity contribution in [2.45, 2.75) is 57.1 Å². The second kappa shape index (κ2) is 8.17. The zero-order valence-corrected chi connectivity index (χ0v) is 17.9. The van der Waals surface area contributed by atoms with Crippen molar-refractivity contribution in [3.05, 3.63) is 41.6 Å². The van der Waals surface area contributed by atoms with Gasteiger partial charge in [-0.15, -0.1) is 0 Å². The molecule has 30 heavy (non-hydrogen) atoms. The van der Waals surface area contributed by atoms with E-state index in [0.717, 1.165) is 60.0 Å². The molecule has 0 N–H and O–H groups in total. The minimum atomic E-state index is -0.456. The smallest absolute Gasteiger partial charge is 0.218 e. The predicted molar refractivity (Wildman–Crippen MR) is 114 cm³/mol. The van der Waals surface area contributed by atoms with Crippen LogP contribution in [-0.2, 0) is 22.7 Å². The van der Waals surface area contributed by atoms with Gasteiger partial charge in [0.25, 0.3) is 0 Å². The van der Waals surface area contributed by atoms with E-state index in [9.17, 15) is 0 Å². The van der Waals surface area contributed by atoms with Gasteiger partial charge in [0.1, 0.15) is 5.75 Å². The third-order valence-electron chi connectivity index (χ3n) is 6.75. The fraction of sp³-hybridized carbons (Fsp3) is 0.542. The first-order valence-electron chi connectivity index (χ1n) is 10.9. The number of nitrogens with zero attached hydrogens (tertiary/aromatic N) is 2. The highest BCUT2D eigenvalue weighted by Crippen LogP contribution is 2.40. The molecule has 2 fully saturated rings. The van der Waals surface area contributed by atoms with E-state index in [2.05, 4.69) is 34.1 Å². The number of rotatable bonds is 5. The first-order chi connectivity index (χ1) is 14.7. The highest BCUT2D eigenvalue weighted by atomic mass is 16.7. The summed E-state index contributed by atoms with van der Waals surface area (Å²) >= 11 is 0. The van der Waals surface area contributed by atoms with E-state index < -0.39 is 5.79 Å². The number of hydrogen-bond acceptors (Lipinski definition) is 6. The van der Waals surface area contributed by atoms with Gasteiger partial charge in [-0.05, 0) is 36.6 Å². The van der Waals surface area contributed by atoms with Gasteiger partial charge in [0.05, 0.1) is 20.3 Å². The summed E-state index contributed by atoms with van der Waals surface area (Å²) in [5.41, 5.74) is 4.13. The van der Waals surface area contributed by atoms with Crippen LogP contribution >= 0.6 is 0 Å². The molecule has 0 bridgehead atoms. The van der Waals surface area contributed by atoms with Gasteiger partial charge in [0, 0.05) is 62.0 Å². The molecule has 160 valence electrons. The third-order valence-corrected chi connectivity index (χ3v) is 6.75. The molecule has 0 atom stereocenters. The van der Waals surface area contributed by atoms with Crippen LogP contribution in [0.15, 0.2) is 30.5 Å². The molecule has 1 saturated heterocycles. The van der Waals surface area contributed by atoms with Crippen molar-refractivity contribution in [1.82, 2.24) is 9.88 Å². The Balaban J connectivity index is 1.32. The summed E-state index contributed by atoms with van der Waals surface area (Å²) in [6.07, 6.45) is 7.80. The SMILES string of the molecule is COCc1cc(-c2ccc3c(c2)COC2(CCN(C4CCC4)CC2)O3)cnc1OC. The molecule has 1 aromatic carbocycles. The van der Waals surface area contributed by atoms with Crippen molar-refractivity contribution in [1.29, 1.82) is 0 Å². The van der Waals surface area contributed by atoms with Crippen molar-refractivity contribution >= 4 is 0 Å². The van der Waals surface area contributed by atoms with E-state index in [0.29, 0.717) is 19.1 Å². The number of hydrogen-bond donors (Lipinski definition) is 0. The second-order valence-corrected chi connectivity index (χ2v) is 8.57. The van der Waals surface area contributed by atoms with Crippen LogP contribution in [0.25, 0.3) is 11.1 Å². The largest absolute Gasteiger partial charge is 0.481 e. The number of ether oxygens (including phenoxy) is 4. The molecule has 2 aromatic rings. The second-order valence-electron chi connectivity index (χ2n) is 8.57. The van der Waals surface area contributed by atoms with E-state index in [1.807, 2.05) is 6.20 Å². The molecule has 5 rings (SSSR count). The predicted octanol–water partition coefficient (Wildman–Crippen LogP) is 4.16. The van der Waals surface area contributed by atoms with Crippen molar-refractivity contribution in [3.63, 3.8) is 0 Å². The van der Waals surface area contributed by atoms with Crippen LogP contribution in [0.4, 0.5) is 0 Å². The quantitative estimate of drug-likeness (QED) is 0.738. The normalized spacial score (nSPS) is 21.0.